The Balaban J connectivity index is 2.89. The van der Waals surface area contributed by atoms with Crippen LogP contribution in [-0.4, -0.2) is 22.7 Å². The quantitative estimate of drug-likeness (QED) is 0.858. The van der Waals surface area contributed by atoms with Crippen LogP contribution in [0, 0.1) is 20.8 Å². The van der Waals surface area contributed by atoms with Crippen LogP contribution in [0.15, 0.2) is 12.1 Å². The van der Waals surface area contributed by atoms with Crippen molar-refractivity contribution in [2.24, 2.45) is 5.73 Å². The maximum Gasteiger partial charge on any atom is 0.320 e. The van der Waals surface area contributed by atoms with Crippen molar-refractivity contribution in [1.29, 1.82) is 0 Å². The number of carboxylic acids is 1. The van der Waals surface area contributed by atoms with Gasteiger partial charge in [-0.3, -0.25) is 4.79 Å². The smallest absolute Gasteiger partial charge is 0.320 e. The molecule has 0 saturated heterocycles. The predicted molar refractivity (Wildman–Crippen MR) is 75.6 cm³/mol. The van der Waals surface area contributed by atoms with E-state index in [2.05, 4.69) is 13.0 Å². The number of carbonyl (C=O) groups is 1. The van der Waals surface area contributed by atoms with Crippen LogP contribution in [0.2, 0.25) is 0 Å². The first-order valence-electron chi connectivity index (χ1n) is 6.37. The highest BCUT2D eigenvalue weighted by atomic mass is 16.5. The van der Waals surface area contributed by atoms with Gasteiger partial charge >= 0.3 is 5.97 Å². The Labute approximate surface area is 114 Å². The Morgan fingerprint density at radius 1 is 1.26 bits per heavy atom. The van der Waals surface area contributed by atoms with E-state index in [1.54, 1.807) is 0 Å². The van der Waals surface area contributed by atoms with Crippen molar-refractivity contribution < 1.29 is 14.6 Å². The Morgan fingerprint density at radius 3 is 2.32 bits per heavy atom. The number of aliphatic carboxylic acids is 1. The molecule has 0 amide bonds. The minimum Gasteiger partial charge on any atom is -0.488 e. The van der Waals surface area contributed by atoms with Crippen LogP contribution in [0.3, 0.4) is 0 Å². The Hall–Kier alpha value is -1.55. The standard InChI is InChI=1S/C15H23NO3/c1-9-6-11(3)13(7-10(9)2)19-15(4,5)8-12(16)14(17)18/h6-7,12H,8,16H2,1-5H3,(H,17,18). The van der Waals surface area contributed by atoms with Gasteiger partial charge in [-0.25, -0.2) is 0 Å². The van der Waals surface area contributed by atoms with E-state index in [9.17, 15) is 4.79 Å². The molecule has 1 unspecified atom stereocenters. The molecule has 0 aliphatic carbocycles. The number of hydrogen-bond acceptors (Lipinski definition) is 3. The molecule has 1 aromatic rings. The fraction of sp³-hybridized carbons (Fsp3) is 0.533. The number of benzene rings is 1. The van der Waals surface area contributed by atoms with Gasteiger partial charge in [0.15, 0.2) is 0 Å². The number of nitrogens with two attached hydrogens (primary N) is 1. The van der Waals surface area contributed by atoms with E-state index in [1.807, 2.05) is 33.8 Å². The number of carboxylic acid groups (broad SMARTS) is 1. The second-order valence-corrected chi connectivity index (χ2v) is 5.71. The largest absolute Gasteiger partial charge is 0.488 e. The minimum absolute atomic E-state index is 0.259. The molecule has 0 heterocycles. The molecule has 1 atom stereocenters. The molecule has 3 N–H and O–H groups in total. The highest BCUT2D eigenvalue weighted by molar-refractivity contribution is 5.73. The van der Waals surface area contributed by atoms with Crippen LogP contribution in [0.1, 0.15) is 37.0 Å². The summed E-state index contributed by atoms with van der Waals surface area (Å²) in [5, 5.41) is 8.87. The average Bonchev–Trinajstić information content (AvgIpc) is 2.24. The maximum absolute atomic E-state index is 10.8. The fourth-order valence-electron chi connectivity index (χ4n) is 2.00. The van der Waals surface area contributed by atoms with Gasteiger partial charge in [0.05, 0.1) is 0 Å². The van der Waals surface area contributed by atoms with Gasteiger partial charge in [-0.05, 0) is 57.4 Å². The average molecular weight is 265 g/mol. The third kappa shape index (κ3) is 4.24. The zero-order chi connectivity index (χ0) is 14.8. The normalized spacial score (nSPS) is 13.2. The summed E-state index contributed by atoms with van der Waals surface area (Å²) in [6.45, 7) is 9.76. The molecule has 0 radical (unpaired) electrons. The molecule has 0 aliphatic rings. The highest BCUT2D eigenvalue weighted by Crippen LogP contribution is 2.28. The van der Waals surface area contributed by atoms with Crippen molar-refractivity contribution in [1.82, 2.24) is 0 Å². The zero-order valence-electron chi connectivity index (χ0n) is 12.3. The molecule has 0 aliphatic heterocycles. The van der Waals surface area contributed by atoms with Crippen LogP contribution in [-0.2, 0) is 4.79 Å². The number of hydrogen-bond donors (Lipinski definition) is 2. The van der Waals surface area contributed by atoms with Gasteiger partial charge in [-0.15, -0.1) is 0 Å². The first-order valence-corrected chi connectivity index (χ1v) is 6.37. The van der Waals surface area contributed by atoms with Crippen molar-refractivity contribution >= 4 is 5.97 Å². The zero-order valence-corrected chi connectivity index (χ0v) is 12.3. The van der Waals surface area contributed by atoms with E-state index in [4.69, 9.17) is 15.6 Å². The van der Waals surface area contributed by atoms with Crippen LogP contribution >= 0.6 is 0 Å². The molecule has 0 aromatic heterocycles. The summed E-state index contributed by atoms with van der Waals surface area (Å²) in [4.78, 5) is 10.8. The monoisotopic (exact) mass is 265 g/mol. The Bertz CT molecular complexity index is 481. The number of rotatable bonds is 5. The third-order valence-corrected chi connectivity index (χ3v) is 3.21. The summed E-state index contributed by atoms with van der Waals surface area (Å²) in [6.07, 6.45) is 0.259. The second-order valence-electron chi connectivity index (χ2n) is 5.71. The maximum atomic E-state index is 10.8. The van der Waals surface area contributed by atoms with Crippen LogP contribution < -0.4 is 10.5 Å². The molecular formula is C15H23NO3. The topological polar surface area (TPSA) is 72.5 Å². The molecule has 19 heavy (non-hydrogen) atoms. The minimum atomic E-state index is -1.01. The lowest BCUT2D eigenvalue weighted by Crippen LogP contribution is -2.41. The highest BCUT2D eigenvalue weighted by Gasteiger charge is 2.27. The number of ether oxygens (including phenoxy) is 1. The van der Waals surface area contributed by atoms with Crippen LogP contribution in [0.4, 0.5) is 0 Å². The lowest BCUT2D eigenvalue weighted by atomic mass is 9.98. The van der Waals surface area contributed by atoms with Gasteiger partial charge in [0.2, 0.25) is 0 Å². The van der Waals surface area contributed by atoms with E-state index >= 15 is 0 Å². The van der Waals surface area contributed by atoms with Crippen LogP contribution in [0.25, 0.3) is 0 Å². The summed E-state index contributed by atoms with van der Waals surface area (Å²) >= 11 is 0. The SMILES string of the molecule is Cc1cc(C)c(OC(C)(C)CC(N)C(=O)O)cc1C. The summed E-state index contributed by atoms with van der Waals surface area (Å²) in [6, 6.07) is 3.14. The van der Waals surface area contributed by atoms with Gasteiger partial charge in [0.25, 0.3) is 0 Å². The van der Waals surface area contributed by atoms with Gasteiger partial charge in [0.1, 0.15) is 17.4 Å². The van der Waals surface area contributed by atoms with Gasteiger partial charge in [-0.1, -0.05) is 6.07 Å². The first kappa shape index (κ1) is 15.5. The summed E-state index contributed by atoms with van der Waals surface area (Å²) in [5.74, 6) is -0.223. The molecular weight excluding hydrogens is 242 g/mol. The van der Waals surface area contributed by atoms with Crippen molar-refractivity contribution in [3.63, 3.8) is 0 Å². The van der Waals surface area contributed by atoms with Gasteiger partial charge < -0.3 is 15.6 Å². The summed E-state index contributed by atoms with van der Waals surface area (Å²) in [5.41, 5.74) is 8.35. The second kappa shape index (κ2) is 5.61. The molecule has 0 saturated carbocycles. The predicted octanol–water partition coefficient (Wildman–Crippen LogP) is 2.57. The Morgan fingerprint density at radius 2 is 1.79 bits per heavy atom. The summed E-state index contributed by atoms with van der Waals surface area (Å²) in [7, 11) is 0. The molecule has 106 valence electrons. The van der Waals surface area contributed by atoms with Gasteiger partial charge in [0, 0.05) is 6.42 Å². The lowest BCUT2D eigenvalue weighted by molar-refractivity contribution is -0.139. The van der Waals surface area contributed by atoms with Crippen molar-refractivity contribution in [3.8, 4) is 5.75 Å². The van der Waals surface area contributed by atoms with E-state index in [0.717, 1.165) is 16.9 Å². The number of aryl methyl sites for hydroxylation is 3. The van der Waals surface area contributed by atoms with Crippen molar-refractivity contribution in [2.75, 3.05) is 0 Å². The lowest BCUT2D eigenvalue weighted by Gasteiger charge is -2.29. The molecule has 1 aromatic carbocycles. The first-order chi connectivity index (χ1) is 8.62. The molecule has 0 spiro atoms. The fourth-order valence-corrected chi connectivity index (χ4v) is 2.00. The van der Waals surface area contributed by atoms with E-state index in [1.165, 1.54) is 5.56 Å². The third-order valence-electron chi connectivity index (χ3n) is 3.21. The summed E-state index contributed by atoms with van der Waals surface area (Å²) < 4.78 is 5.95. The van der Waals surface area contributed by atoms with E-state index < -0.39 is 17.6 Å². The van der Waals surface area contributed by atoms with E-state index in [0.29, 0.717) is 0 Å². The van der Waals surface area contributed by atoms with Crippen molar-refractivity contribution in [3.05, 3.63) is 28.8 Å². The molecule has 4 nitrogen and oxygen atoms in total. The molecule has 0 bridgehead atoms. The van der Waals surface area contributed by atoms with Crippen molar-refractivity contribution in [2.45, 2.75) is 52.7 Å². The van der Waals surface area contributed by atoms with Gasteiger partial charge in [-0.2, -0.15) is 0 Å². The molecule has 1 rings (SSSR count). The van der Waals surface area contributed by atoms with E-state index in [-0.39, 0.29) is 6.42 Å². The molecule has 0 fully saturated rings. The molecule has 4 heteroatoms. The Kier molecular flexibility index (Phi) is 4.58. The van der Waals surface area contributed by atoms with Crippen LogP contribution in [0.5, 0.6) is 5.75 Å².